The van der Waals surface area contributed by atoms with Gasteiger partial charge in [-0.1, -0.05) is 19.1 Å². The SMILES string of the molecule is CCN(CC(=O)NCC1COc2ccccc2O1)CC(=O)Nc1ccc(OC)cc1. The van der Waals surface area contributed by atoms with Crippen LogP contribution in [0.5, 0.6) is 17.2 Å². The molecule has 2 amide bonds. The molecule has 0 bridgehead atoms. The van der Waals surface area contributed by atoms with Crippen LogP contribution >= 0.6 is 0 Å². The van der Waals surface area contributed by atoms with Gasteiger partial charge in [0.1, 0.15) is 18.5 Å². The Morgan fingerprint density at radius 3 is 2.47 bits per heavy atom. The van der Waals surface area contributed by atoms with E-state index < -0.39 is 0 Å². The summed E-state index contributed by atoms with van der Waals surface area (Å²) in [6, 6.07) is 14.5. The minimum atomic E-state index is -0.253. The molecule has 1 aliphatic heterocycles. The molecular formula is C22H27N3O5. The van der Waals surface area contributed by atoms with Gasteiger partial charge in [0.25, 0.3) is 0 Å². The lowest BCUT2D eigenvalue weighted by Gasteiger charge is -2.27. The number of amides is 2. The van der Waals surface area contributed by atoms with E-state index in [-0.39, 0.29) is 31.0 Å². The zero-order valence-corrected chi connectivity index (χ0v) is 17.2. The minimum Gasteiger partial charge on any atom is -0.497 e. The zero-order chi connectivity index (χ0) is 21.3. The van der Waals surface area contributed by atoms with E-state index >= 15 is 0 Å². The molecule has 1 heterocycles. The number of fused-ring (bicyclic) bond motifs is 1. The molecule has 160 valence electrons. The third-order valence-corrected chi connectivity index (χ3v) is 4.65. The van der Waals surface area contributed by atoms with E-state index in [1.54, 1.807) is 36.3 Å². The molecule has 1 aliphatic rings. The molecule has 0 saturated carbocycles. The number of nitrogens with one attached hydrogen (secondary N) is 2. The molecule has 2 aromatic carbocycles. The van der Waals surface area contributed by atoms with Crippen molar-refractivity contribution in [3.05, 3.63) is 48.5 Å². The van der Waals surface area contributed by atoms with Gasteiger partial charge in [-0.05, 0) is 42.9 Å². The van der Waals surface area contributed by atoms with Gasteiger partial charge in [-0.3, -0.25) is 14.5 Å². The summed E-state index contributed by atoms with van der Waals surface area (Å²) in [5, 5.41) is 5.67. The van der Waals surface area contributed by atoms with E-state index in [1.165, 1.54) is 0 Å². The molecule has 0 aromatic heterocycles. The fourth-order valence-corrected chi connectivity index (χ4v) is 3.01. The van der Waals surface area contributed by atoms with Gasteiger partial charge in [0.05, 0.1) is 26.7 Å². The molecule has 0 radical (unpaired) electrons. The molecule has 2 aromatic rings. The lowest BCUT2D eigenvalue weighted by Crippen LogP contribution is -2.45. The molecule has 0 fully saturated rings. The molecule has 0 spiro atoms. The number of benzene rings is 2. The number of rotatable bonds is 9. The quantitative estimate of drug-likeness (QED) is 0.653. The van der Waals surface area contributed by atoms with Crippen LogP contribution in [0.3, 0.4) is 0 Å². The highest BCUT2D eigenvalue weighted by Gasteiger charge is 2.21. The molecule has 0 saturated heterocycles. The Balaban J connectivity index is 1.41. The van der Waals surface area contributed by atoms with Crippen molar-refractivity contribution in [2.75, 3.05) is 45.2 Å². The van der Waals surface area contributed by atoms with Crippen molar-refractivity contribution in [2.45, 2.75) is 13.0 Å². The van der Waals surface area contributed by atoms with Crippen LogP contribution in [0.25, 0.3) is 0 Å². The number of anilines is 1. The Labute approximate surface area is 176 Å². The number of likely N-dealkylation sites (N-methyl/N-ethyl adjacent to an activating group) is 1. The molecular weight excluding hydrogens is 386 g/mol. The highest BCUT2D eigenvalue weighted by Crippen LogP contribution is 2.30. The van der Waals surface area contributed by atoms with E-state index in [0.717, 1.165) is 5.75 Å². The molecule has 30 heavy (non-hydrogen) atoms. The average Bonchev–Trinajstić information content (AvgIpc) is 2.77. The van der Waals surface area contributed by atoms with Gasteiger partial charge in [0.15, 0.2) is 11.5 Å². The Morgan fingerprint density at radius 2 is 1.77 bits per heavy atom. The predicted molar refractivity (Wildman–Crippen MR) is 113 cm³/mol. The number of nitrogens with zero attached hydrogens (tertiary/aromatic N) is 1. The monoisotopic (exact) mass is 413 g/mol. The van der Waals surface area contributed by atoms with Crippen molar-refractivity contribution in [3.63, 3.8) is 0 Å². The maximum absolute atomic E-state index is 12.3. The van der Waals surface area contributed by atoms with E-state index in [1.807, 2.05) is 31.2 Å². The van der Waals surface area contributed by atoms with E-state index in [9.17, 15) is 9.59 Å². The van der Waals surface area contributed by atoms with Gasteiger partial charge in [-0.15, -0.1) is 0 Å². The highest BCUT2D eigenvalue weighted by atomic mass is 16.6. The number of hydrogen-bond donors (Lipinski definition) is 2. The van der Waals surface area contributed by atoms with Crippen LogP contribution in [-0.2, 0) is 9.59 Å². The van der Waals surface area contributed by atoms with Crippen LogP contribution in [0.1, 0.15) is 6.92 Å². The van der Waals surface area contributed by atoms with Gasteiger partial charge in [-0.25, -0.2) is 0 Å². The van der Waals surface area contributed by atoms with Crippen LogP contribution < -0.4 is 24.8 Å². The maximum atomic E-state index is 12.3. The topological polar surface area (TPSA) is 89.1 Å². The van der Waals surface area contributed by atoms with Gasteiger partial charge in [0.2, 0.25) is 11.8 Å². The van der Waals surface area contributed by atoms with Gasteiger partial charge in [-0.2, -0.15) is 0 Å². The van der Waals surface area contributed by atoms with Crippen LogP contribution in [0.2, 0.25) is 0 Å². The molecule has 1 unspecified atom stereocenters. The smallest absolute Gasteiger partial charge is 0.238 e. The second kappa shape index (κ2) is 10.5. The minimum absolute atomic E-state index is 0.117. The first-order valence-corrected chi connectivity index (χ1v) is 9.88. The second-order valence-corrected chi connectivity index (χ2v) is 6.88. The largest absolute Gasteiger partial charge is 0.497 e. The summed E-state index contributed by atoms with van der Waals surface area (Å²) in [6.45, 7) is 3.42. The van der Waals surface area contributed by atoms with E-state index in [4.69, 9.17) is 14.2 Å². The van der Waals surface area contributed by atoms with Crippen LogP contribution in [-0.4, -0.2) is 62.7 Å². The third-order valence-electron chi connectivity index (χ3n) is 4.65. The van der Waals surface area contributed by atoms with Crippen molar-refractivity contribution in [1.29, 1.82) is 0 Å². The Kier molecular flexibility index (Phi) is 7.51. The molecule has 8 heteroatoms. The highest BCUT2D eigenvalue weighted by molar-refractivity contribution is 5.92. The zero-order valence-electron chi connectivity index (χ0n) is 17.2. The number of ether oxygens (including phenoxy) is 3. The molecule has 2 N–H and O–H groups in total. The first kappa shape index (κ1) is 21.4. The lowest BCUT2D eigenvalue weighted by molar-refractivity contribution is -0.123. The summed E-state index contributed by atoms with van der Waals surface area (Å²) in [5.74, 6) is 1.75. The van der Waals surface area contributed by atoms with E-state index in [2.05, 4.69) is 10.6 Å². The van der Waals surface area contributed by atoms with Crippen molar-refractivity contribution in [3.8, 4) is 17.2 Å². The molecule has 8 nitrogen and oxygen atoms in total. The number of carbonyl (C=O) groups excluding carboxylic acids is 2. The number of hydrogen-bond acceptors (Lipinski definition) is 6. The molecule has 3 rings (SSSR count). The van der Waals surface area contributed by atoms with Crippen molar-refractivity contribution < 1.29 is 23.8 Å². The molecule has 0 aliphatic carbocycles. The predicted octanol–water partition coefficient (Wildman–Crippen LogP) is 1.91. The summed E-state index contributed by atoms with van der Waals surface area (Å²) in [7, 11) is 1.59. The summed E-state index contributed by atoms with van der Waals surface area (Å²) >= 11 is 0. The normalized spacial score (nSPS) is 14.8. The second-order valence-electron chi connectivity index (χ2n) is 6.88. The number of para-hydroxylation sites is 2. The Bertz CT molecular complexity index is 856. The Hall–Kier alpha value is -3.26. The van der Waals surface area contributed by atoms with Gasteiger partial charge < -0.3 is 24.8 Å². The Morgan fingerprint density at radius 1 is 1.07 bits per heavy atom. The van der Waals surface area contributed by atoms with Crippen LogP contribution in [0.15, 0.2) is 48.5 Å². The van der Waals surface area contributed by atoms with Gasteiger partial charge in [0, 0.05) is 5.69 Å². The summed E-state index contributed by atoms with van der Waals surface area (Å²) in [5.41, 5.74) is 0.677. The number of methoxy groups -OCH3 is 1. The van der Waals surface area contributed by atoms with Crippen molar-refractivity contribution in [2.24, 2.45) is 0 Å². The van der Waals surface area contributed by atoms with Crippen LogP contribution in [0, 0.1) is 0 Å². The van der Waals surface area contributed by atoms with E-state index in [0.29, 0.717) is 36.9 Å². The third kappa shape index (κ3) is 6.12. The van der Waals surface area contributed by atoms with Crippen molar-refractivity contribution >= 4 is 17.5 Å². The summed E-state index contributed by atoms with van der Waals surface area (Å²) in [6.07, 6.45) is -0.253. The standard InChI is InChI=1S/C22H27N3O5/c1-3-25(14-22(27)24-16-8-10-17(28-2)11-9-16)13-21(26)23-12-18-15-29-19-6-4-5-7-20(19)30-18/h4-11,18H,3,12-15H2,1-2H3,(H,23,26)(H,24,27). The average molecular weight is 413 g/mol. The fourth-order valence-electron chi connectivity index (χ4n) is 3.01. The number of carbonyl (C=O) groups is 2. The fraction of sp³-hybridized carbons (Fsp3) is 0.364. The first-order valence-electron chi connectivity index (χ1n) is 9.88. The van der Waals surface area contributed by atoms with Crippen molar-refractivity contribution in [1.82, 2.24) is 10.2 Å². The maximum Gasteiger partial charge on any atom is 0.238 e. The summed E-state index contributed by atoms with van der Waals surface area (Å²) < 4.78 is 16.6. The van der Waals surface area contributed by atoms with Gasteiger partial charge >= 0.3 is 0 Å². The summed E-state index contributed by atoms with van der Waals surface area (Å²) in [4.78, 5) is 26.4. The molecule has 1 atom stereocenters. The lowest BCUT2D eigenvalue weighted by atomic mass is 10.2. The van der Waals surface area contributed by atoms with Crippen LogP contribution in [0.4, 0.5) is 5.69 Å². The first-order chi connectivity index (χ1) is 14.6.